The van der Waals surface area contributed by atoms with Crippen LogP contribution in [0.2, 0.25) is 6.32 Å². The van der Waals surface area contributed by atoms with Gasteiger partial charge in [-0.2, -0.15) is 0 Å². The molecule has 0 bridgehead atoms. The van der Waals surface area contributed by atoms with Crippen LogP contribution >= 0.6 is 0 Å². The topological polar surface area (TPSA) is 0 Å². The second-order valence-corrected chi connectivity index (χ2v) is 4.68. The zero-order valence-electron chi connectivity index (χ0n) is 11.3. The maximum Gasteiger partial charge on any atom is 0.213 e. The first-order valence-electron chi connectivity index (χ1n) is 6.71. The van der Waals surface area contributed by atoms with Crippen LogP contribution < -0.4 is 10.9 Å². The largest absolute Gasteiger partial charge is 0.213 e. The second kappa shape index (κ2) is 6.79. The van der Waals surface area contributed by atoms with Crippen LogP contribution in [0.15, 0.2) is 79.9 Å². The molecule has 94 valence electrons. The summed E-state index contributed by atoms with van der Waals surface area (Å²) in [6, 6.07) is 19.3. The van der Waals surface area contributed by atoms with Crippen molar-refractivity contribution in [2.75, 3.05) is 0 Å². The van der Waals surface area contributed by atoms with Crippen molar-refractivity contribution in [2.24, 2.45) is 0 Å². The fourth-order valence-corrected chi connectivity index (χ4v) is 2.51. The highest BCUT2D eigenvalue weighted by atomic mass is 14.0. The highest BCUT2D eigenvalue weighted by molar-refractivity contribution is 6.85. The van der Waals surface area contributed by atoms with Crippen molar-refractivity contribution in [3.63, 3.8) is 0 Å². The fraction of sp³-hybridized carbons (Fsp3) is 0.111. The van der Waals surface area contributed by atoms with Gasteiger partial charge < -0.3 is 0 Å². The number of benzene rings is 2. The maximum absolute atomic E-state index is 3.91. The van der Waals surface area contributed by atoms with E-state index in [0.717, 1.165) is 12.7 Å². The van der Waals surface area contributed by atoms with Crippen molar-refractivity contribution >= 4 is 17.6 Å². The Morgan fingerprint density at radius 2 is 1.53 bits per heavy atom. The molecule has 0 heterocycles. The number of hydrogen-bond donors (Lipinski definition) is 0. The third kappa shape index (κ3) is 3.26. The van der Waals surface area contributed by atoms with Crippen LogP contribution in [0.25, 0.3) is 0 Å². The van der Waals surface area contributed by atoms with Crippen molar-refractivity contribution in [3.05, 3.63) is 85.5 Å². The molecule has 0 atom stereocenters. The maximum atomic E-state index is 3.91. The summed E-state index contributed by atoms with van der Waals surface area (Å²) >= 11 is 0. The van der Waals surface area contributed by atoms with Gasteiger partial charge >= 0.3 is 0 Å². The van der Waals surface area contributed by atoms with Gasteiger partial charge in [0.05, 0.1) is 0 Å². The first kappa shape index (κ1) is 13.4. The van der Waals surface area contributed by atoms with Gasteiger partial charge in [-0.25, -0.2) is 0 Å². The van der Waals surface area contributed by atoms with Crippen molar-refractivity contribution in [3.8, 4) is 0 Å². The minimum atomic E-state index is 0.384. The molecule has 0 saturated carbocycles. The van der Waals surface area contributed by atoms with Gasteiger partial charge in [0.25, 0.3) is 0 Å². The average Bonchev–Trinajstić information content (AvgIpc) is 2.47. The van der Waals surface area contributed by atoms with Gasteiger partial charge in [0.15, 0.2) is 0 Å². The molecule has 0 amide bonds. The lowest BCUT2D eigenvalue weighted by molar-refractivity contribution is 1.30. The first-order chi connectivity index (χ1) is 9.36. The van der Waals surface area contributed by atoms with Crippen LogP contribution in [0.3, 0.4) is 0 Å². The molecular formula is C18H19B. The Labute approximate surface area is 116 Å². The molecule has 2 rings (SSSR count). The van der Waals surface area contributed by atoms with Crippen LogP contribution in [-0.4, -0.2) is 6.71 Å². The molecule has 0 radical (unpaired) electrons. The third-order valence-electron chi connectivity index (χ3n) is 3.40. The Kier molecular flexibility index (Phi) is 4.80. The van der Waals surface area contributed by atoms with E-state index in [1.54, 1.807) is 0 Å². The van der Waals surface area contributed by atoms with Gasteiger partial charge in [0.2, 0.25) is 6.71 Å². The van der Waals surface area contributed by atoms with Crippen LogP contribution in [0, 0.1) is 0 Å². The SMILES string of the molecule is C=CCB(c1ccccc1)c1ccccc1CC=C. The van der Waals surface area contributed by atoms with Crippen LogP contribution in [-0.2, 0) is 6.42 Å². The molecule has 0 aliphatic heterocycles. The molecule has 2 aromatic carbocycles. The Morgan fingerprint density at radius 1 is 0.842 bits per heavy atom. The van der Waals surface area contributed by atoms with Gasteiger partial charge in [-0.05, 0) is 18.3 Å². The molecule has 0 aliphatic rings. The molecule has 0 N–H and O–H groups in total. The first-order valence-corrected chi connectivity index (χ1v) is 6.71. The summed E-state index contributed by atoms with van der Waals surface area (Å²) in [6.07, 6.45) is 5.84. The van der Waals surface area contributed by atoms with E-state index in [0.29, 0.717) is 6.71 Å². The molecule has 0 aromatic heterocycles. The van der Waals surface area contributed by atoms with Gasteiger partial charge in [-0.3, -0.25) is 0 Å². The lowest BCUT2D eigenvalue weighted by Crippen LogP contribution is -2.43. The normalized spacial score (nSPS) is 9.89. The fourth-order valence-electron chi connectivity index (χ4n) is 2.51. The summed E-state index contributed by atoms with van der Waals surface area (Å²) in [6.45, 7) is 8.15. The highest BCUT2D eigenvalue weighted by Crippen LogP contribution is 2.05. The lowest BCUT2D eigenvalue weighted by Gasteiger charge is -2.16. The van der Waals surface area contributed by atoms with E-state index >= 15 is 0 Å². The van der Waals surface area contributed by atoms with Crippen LogP contribution in [0.5, 0.6) is 0 Å². The monoisotopic (exact) mass is 246 g/mol. The van der Waals surface area contributed by atoms with Gasteiger partial charge in [0, 0.05) is 0 Å². The second-order valence-electron chi connectivity index (χ2n) is 4.68. The minimum Gasteiger partial charge on any atom is -0.104 e. The molecule has 2 aromatic rings. The number of hydrogen-bond acceptors (Lipinski definition) is 0. The predicted octanol–water partition coefficient (Wildman–Crippen LogP) is 3.21. The summed E-state index contributed by atoms with van der Waals surface area (Å²) in [5.41, 5.74) is 4.08. The zero-order chi connectivity index (χ0) is 13.5. The Morgan fingerprint density at radius 3 is 2.21 bits per heavy atom. The van der Waals surface area contributed by atoms with E-state index < -0.39 is 0 Å². The van der Waals surface area contributed by atoms with E-state index in [1.807, 2.05) is 12.2 Å². The van der Waals surface area contributed by atoms with E-state index in [9.17, 15) is 0 Å². The number of allylic oxidation sites excluding steroid dienone is 2. The average molecular weight is 246 g/mol. The van der Waals surface area contributed by atoms with E-state index in [2.05, 4.69) is 67.8 Å². The predicted molar refractivity (Wildman–Crippen MR) is 86.8 cm³/mol. The molecule has 1 heteroatoms. The van der Waals surface area contributed by atoms with Crippen molar-refractivity contribution < 1.29 is 0 Å². The summed E-state index contributed by atoms with van der Waals surface area (Å²) in [5, 5.41) is 0. The van der Waals surface area contributed by atoms with Crippen molar-refractivity contribution in [2.45, 2.75) is 12.7 Å². The van der Waals surface area contributed by atoms with Crippen LogP contribution in [0.4, 0.5) is 0 Å². The standard InChI is InChI=1S/C18H19B/c1-3-10-16-11-8-9-14-18(16)19(15-4-2)17-12-6-5-7-13-17/h3-9,11-14H,1-2,10,15H2. The summed E-state index contributed by atoms with van der Waals surface area (Å²) in [4.78, 5) is 0. The molecule has 0 unspecified atom stereocenters. The Hall–Kier alpha value is -2.02. The van der Waals surface area contributed by atoms with Crippen molar-refractivity contribution in [1.82, 2.24) is 0 Å². The summed E-state index contributed by atoms with van der Waals surface area (Å²) < 4.78 is 0. The molecule has 19 heavy (non-hydrogen) atoms. The highest BCUT2D eigenvalue weighted by Gasteiger charge is 2.19. The van der Waals surface area contributed by atoms with E-state index in [4.69, 9.17) is 0 Å². The summed E-state index contributed by atoms with van der Waals surface area (Å²) in [5.74, 6) is 0. The third-order valence-corrected chi connectivity index (χ3v) is 3.40. The van der Waals surface area contributed by atoms with Gasteiger partial charge in [0.1, 0.15) is 0 Å². The van der Waals surface area contributed by atoms with Crippen LogP contribution in [0.1, 0.15) is 5.56 Å². The molecule has 0 fully saturated rings. The molecule has 0 aliphatic carbocycles. The van der Waals surface area contributed by atoms with Gasteiger partial charge in [-0.15, -0.1) is 13.2 Å². The smallest absolute Gasteiger partial charge is 0.104 e. The zero-order valence-corrected chi connectivity index (χ0v) is 11.3. The molecule has 0 nitrogen and oxygen atoms in total. The Balaban J connectivity index is 2.44. The minimum absolute atomic E-state index is 0.384. The van der Waals surface area contributed by atoms with Gasteiger partial charge in [-0.1, -0.05) is 77.7 Å². The Bertz CT molecular complexity index is 543. The molecule has 0 saturated heterocycles. The lowest BCUT2D eigenvalue weighted by atomic mass is 9.38. The van der Waals surface area contributed by atoms with Crippen molar-refractivity contribution in [1.29, 1.82) is 0 Å². The van der Waals surface area contributed by atoms with E-state index in [-0.39, 0.29) is 0 Å². The summed E-state index contributed by atoms with van der Waals surface area (Å²) in [7, 11) is 0. The quantitative estimate of drug-likeness (QED) is 0.542. The molecular weight excluding hydrogens is 227 g/mol. The molecule has 0 spiro atoms. The van der Waals surface area contributed by atoms with E-state index in [1.165, 1.54) is 16.5 Å². The number of rotatable bonds is 6.